The minimum absolute atomic E-state index is 0.185. The summed E-state index contributed by atoms with van der Waals surface area (Å²) in [4.78, 5) is 10.8. The van der Waals surface area contributed by atoms with E-state index in [1.807, 2.05) is 18.5 Å². The molecule has 0 saturated carbocycles. The van der Waals surface area contributed by atoms with Crippen molar-refractivity contribution in [2.24, 2.45) is 7.05 Å². The lowest BCUT2D eigenvalue weighted by atomic mass is 10.2. The van der Waals surface area contributed by atoms with Gasteiger partial charge >= 0.3 is 0 Å². The number of hydrogen-bond donors (Lipinski definition) is 0. The summed E-state index contributed by atoms with van der Waals surface area (Å²) in [6.07, 6.45) is 2.41. The van der Waals surface area contributed by atoms with Gasteiger partial charge in [-0.15, -0.1) is 15.3 Å². The average molecular weight is 391 g/mol. The maximum atomic E-state index is 13.8. The summed E-state index contributed by atoms with van der Waals surface area (Å²) in [7, 11) is 1.88. The van der Waals surface area contributed by atoms with Gasteiger partial charge in [0, 0.05) is 26.4 Å². The van der Waals surface area contributed by atoms with Crippen LogP contribution >= 0.6 is 0 Å². The van der Waals surface area contributed by atoms with E-state index in [0.29, 0.717) is 41.6 Å². The number of hydrogen-bond acceptors (Lipinski definition) is 7. The van der Waals surface area contributed by atoms with Crippen molar-refractivity contribution < 1.29 is 8.78 Å². The second kappa shape index (κ2) is 7.02. The fraction of sp³-hybridized carbons (Fsp3) is 0.647. The van der Waals surface area contributed by atoms with Crippen molar-refractivity contribution in [3.05, 3.63) is 17.5 Å². The van der Waals surface area contributed by atoms with E-state index in [1.54, 1.807) is 9.58 Å². The van der Waals surface area contributed by atoms with E-state index >= 15 is 0 Å². The summed E-state index contributed by atoms with van der Waals surface area (Å²) in [5.74, 6) is -0.150. The van der Waals surface area contributed by atoms with Crippen molar-refractivity contribution in [3.8, 4) is 0 Å². The zero-order valence-corrected chi connectivity index (χ0v) is 16.2. The van der Waals surface area contributed by atoms with E-state index in [0.717, 1.165) is 18.7 Å². The summed E-state index contributed by atoms with van der Waals surface area (Å²) in [6, 6.07) is 0. The third-order valence-corrected chi connectivity index (χ3v) is 5.09. The molecule has 0 aliphatic carbocycles. The van der Waals surface area contributed by atoms with Gasteiger partial charge in [0.05, 0.1) is 6.54 Å². The average Bonchev–Trinajstić information content (AvgIpc) is 3.33. The summed E-state index contributed by atoms with van der Waals surface area (Å²) in [6.45, 7) is 4.17. The molecule has 3 aromatic heterocycles. The molecular formula is C17H23F2N9. The fourth-order valence-corrected chi connectivity index (χ4v) is 3.30. The Balaban J connectivity index is 1.76. The van der Waals surface area contributed by atoms with E-state index in [2.05, 4.69) is 37.4 Å². The highest BCUT2D eigenvalue weighted by molar-refractivity contribution is 5.83. The lowest BCUT2D eigenvalue weighted by molar-refractivity contribution is 0.0257. The molecule has 1 aliphatic heterocycles. The van der Waals surface area contributed by atoms with E-state index in [1.165, 1.54) is 0 Å². The monoisotopic (exact) mass is 391 g/mol. The van der Waals surface area contributed by atoms with Crippen LogP contribution in [0.1, 0.15) is 43.7 Å². The molecule has 150 valence electrons. The van der Waals surface area contributed by atoms with E-state index in [9.17, 15) is 8.78 Å². The maximum absolute atomic E-state index is 13.8. The number of halogens is 2. The Hall–Kier alpha value is -2.72. The largest absolute Gasteiger partial charge is 0.348 e. The van der Waals surface area contributed by atoms with Gasteiger partial charge in [-0.05, 0) is 13.3 Å². The van der Waals surface area contributed by atoms with Crippen LogP contribution in [0.5, 0.6) is 0 Å². The molecule has 0 amide bonds. The molecule has 9 nitrogen and oxygen atoms in total. The fourth-order valence-electron chi connectivity index (χ4n) is 3.30. The molecule has 0 bridgehead atoms. The number of fused-ring (bicyclic) bond motifs is 1. The van der Waals surface area contributed by atoms with Crippen LogP contribution in [0.25, 0.3) is 11.2 Å². The van der Waals surface area contributed by atoms with Gasteiger partial charge in [-0.1, -0.05) is 18.6 Å². The minimum atomic E-state index is -2.72. The van der Waals surface area contributed by atoms with Crippen LogP contribution < -0.4 is 4.90 Å². The highest BCUT2D eigenvalue weighted by Crippen LogP contribution is 2.32. The van der Waals surface area contributed by atoms with Gasteiger partial charge in [-0.2, -0.15) is 0 Å². The molecule has 0 N–H and O–H groups in total. The molecule has 11 heteroatoms. The highest BCUT2D eigenvalue weighted by Gasteiger charge is 2.40. The van der Waals surface area contributed by atoms with Crippen molar-refractivity contribution in [1.29, 1.82) is 0 Å². The molecule has 3 aromatic rings. The number of nitrogens with zero attached hydrogens (tertiary/aromatic N) is 9. The number of aryl methyl sites for hydroxylation is 2. The molecular weight excluding hydrogens is 368 g/mol. The lowest BCUT2D eigenvalue weighted by Crippen LogP contribution is -2.26. The second-order valence-electron chi connectivity index (χ2n) is 7.24. The zero-order chi connectivity index (χ0) is 19.9. The Morgan fingerprint density at radius 3 is 2.61 bits per heavy atom. The van der Waals surface area contributed by atoms with Gasteiger partial charge in [-0.25, -0.2) is 23.4 Å². The first-order valence-electron chi connectivity index (χ1n) is 9.45. The normalized spacial score (nSPS) is 16.4. The van der Waals surface area contributed by atoms with E-state index in [4.69, 9.17) is 0 Å². The van der Waals surface area contributed by atoms with Crippen LogP contribution in [0.2, 0.25) is 0 Å². The van der Waals surface area contributed by atoms with Crippen LogP contribution in [-0.4, -0.2) is 58.7 Å². The molecule has 0 spiro atoms. The van der Waals surface area contributed by atoms with Gasteiger partial charge in [0.1, 0.15) is 18.2 Å². The van der Waals surface area contributed by atoms with E-state index < -0.39 is 5.92 Å². The summed E-state index contributed by atoms with van der Waals surface area (Å²) in [5.41, 5.74) is 0.976. The van der Waals surface area contributed by atoms with Crippen molar-refractivity contribution in [1.82, 2.24) is 39.7 Å². The Morgan fingerprint density at radius 2 is 1.96 bits per heavy atom. The Labute approximate surface area is 160 Å². The molecule has 1 fully saturated rings. The number of rotatable bonds is 6. The highest BCUT2D eigenvalue weighted by atomic mass is 19.3. The second-order valence-corrected chi connectivity index (χ2v) is 7.24. The Kier molecular flexibility index (Phi) is 4.68. The predicted molar refractivity (Wildman–Crippen MR) is 98.3 cm³/mol. The number of aromatic nitrogens is 8. The summed E-state index contributed by atoms with van der Waals surface area (Å²) in [5, 5.41) is 16.6. The summed E-state index contributed by atoms with van der Waals surface area (Å²) < 4.78 is 31.1. The quantitative estimate of drug-likeness (QED) is 0.634. The molecule has 28 heavy (non-hydrogen) atoms. The van der Waals surface area contributed by atoms with Crippen molar-refractivity contribution in [3.63, 3.8) is 0 Å². The zero-order valence-electron chi connectivity index (χ0n) is 16.2. The first-order valence-corrected chi connectivity index (χ1v) is 9.45. The van der Waals surface area contributed by atoms with Crippen LogP contribution in [0.4, 0.5) is 14.6 Å². The van der Waals surface area contributed by atoms with Gasteiger partial charge in [0.15, 0.2) is 22.8 Å². The third kappa shape index (κ3) is 3.40. The van der Waals surface area contributed by atoms with Crippen molar-refractivity contribution in [2.75, 3.05) is 18.0 Å². The topological polar surface area (TPSA) is 90.4 Å². The molecule has 1 aliphatic rings. The number of anilines is 1. The first-order chi connectivity index (χ1) is 13.4. The molecule has 4 rings (SSSR count). The van der Waals surface area contributed by atoms with Crippen molar-refractivity contribution >= 4 is 17.0 Å². The van der Waals surface area contributed by atoms with E-state index in [-0.39, 0.29) is 19.5 Å². The molecule has 0 radical (unpaired) electrons. The van der Waals surface area contributed by atoms with Gasteiger partial charge < -0.3 is 9.47 Å². The van der Waals surface area contributed by atoms with Crippen LogP contribution in [0, 0.1) is 6.92 Å². The van der Waals surface area contributed by atoms with Crippen molar-refractivity contribution in [2.45, 2.75) is 52.0 Å². The SMILES string of the molecule is CCCCc1nc(N2CCC(F)(F)C2)c2nnn(Cc3nnc(C)n3C)c2n1. The Morgan fingerprint density at radius 1 is 1.14 bits per heavy atom. The Bertz CT molecular complexity index is 994. The predicted octanol–water partition coefficient (Wildman–Crippen LogP) is 1.89. The standard InChI is InChI=1S/C17H23F2N9/c1-4-5-6-12-20-15(27-8-7-17(18,19)10-27)14-16(21-12)28(25-24-14)9-13-23-22-11(2)26(13)3/h4-10H2,1-3H3. The van der Waals surface area contributed by atoms with Gasteiger partial charge in [0.2, 0.25) is 0 Å². The molecule has 4 heterocycles. The summed E-state index contributed by atoms with van der Waals surface area (Å²) >= 11 is 0. The molecule has 0 aromatic carbocycles. The molecule has 0 atom stereocenters. The maximum Gasteiger partial charge on any atom is 0.266 e. The van der Waals surface area contributed by atoms with Gasteiger partial charge in [0.25, 0.3) is 5.92 Å². The van der Waals surface area contributed by atoms with Crippen LogP contribution in [-0.2, 0) is 20.0 Å². The smallest absolute Gasteiger partial charge is 0.266 e. The molecule has 1 saturated heterocycles. The van der Waals surface area contributed by atoms with Crippen LogP contribution in [0.15, 0.2) is 0 Å². The van der Waals surface area contributed by atoms with Gasteiger partial charge in [-0.3, -0.25) is 0 Å². The first kappa shape index (κ1) is 18.6. The third-order valence-electron chi connectivity index (χ3n) is 5.09. The number of unbranched alkanes of at least 4 members (excludes halogenated alkanes) is 1. The van der Waals surface area contributed by atoms with Crippen LogP contribution in [0.3, 0.4) is 0 Å². The lowest BCUT2D eigenvalue weighted by Gasteiger charge is -2.18. The number of alkyl halides is 2. The molecule has 0 unspecified atom stereocenters. The minimum Gasteiger partial charge on any atom is -0.348 e.